The molecular weight excluding hydrogens is 426 g/mol. The van der Waals surface area contributed by atoms with Crippen LogP contribution in [0.3, 0.4) is 0 Å². The maximum atomic E-state index is 10.8. The highest BCUT2D eigenvalue weighted by Crippen LogP contribution is 2.37. The summed E-state index contributed by atoms with van der Waals surface area (Å²) in [5.74, 6) is 0.0277. The zero-order valence-electron chi connectivity index (χ0n) is 19.8. The standard InChI is InChI=1S/C28H31N3O3/c1-19-26(22-10-7-20(8-11-22)9-12-25(32)33)29-28-27(34-23-14-16-30(2)17-15-23)24-6-4-3-5-21(24)13-18-31(19)28/h3-12,23,27H,13-18H2,1-2H3,(H,32,33). The molecule has 1 fully saturated rings. The Hall–Kier alpha value is -3.22. The van der Waals surface area contributed by atoms with Crippen LogP contribution in [0, 0.1) is 6.92 Å². The third-order valence-electron chi connectivity index (χ3n) is 7.02. The van der Waals surface area contributed by atoms with Crippen molar-refractivity contribution in [3.05, 3.63) is 82.8 Å². The van der Waals surface area contributed by atoms with Crippen LogP contribution in [-0.4, -0.2) is 51.8 Å². The summed E-state index contributed by atoms with van der Waals surface area (Å²) in [4.78, 5) is 18.3. The number of fused-ring (bicyclic) bond motifs is 2. The van der Waals surface area contributed by atoms with Crippen molar-refractivity contribution in [2.24, 2.45) is 0 Å². The topological polar surface area (TPSA) is 67.6 Å². The number of aliphatic carboxylic acids is 1. The van der Waals surface area contributed by atoms with E-state index in [1.807, 2.05) is 24.3 Å². The first-order chi connectivity index (χ1) is 16.5. The third kappa shape index (κ3) is 4.56. The highest BCUT2D eigenvalue weighted by molar-refractivity contribution is 5.85. The molecule has 0 amide bonds. The minimum atomic E-state index is -0.950. The van der Waals surface area contributed by atoms with Crippen molar-refractivity contribution >= 4 is 12.0 Å². The minimum Gasteiger partial charge on any atom is -0.478 e. The summed E-state index contributed by atoms with van der Waals surface area (Å²) in [5, 5.41) is 8.87. The summed E-state index contributed by atoms with van der Waals surface area (Å²) < 4.78 is 9.14. The molecule has 0 saturated carbocycles. The number of rotatable bonds is 5. The molecule has 3 aromatic rings. The molecule has 1 aromatic heterocycles. The maximum Gasteiger partial charge on any atom is 0.328 e. The lowest BCUT2D eigenvalue weighted by Gasteiger charge is -2.32. The fourth-order valence-electron chi connectivity index (χ4n) is 5.07. The first kappa shape index (κ1) is 22.6. The molecule has 1 N–H and O–H groups in total. The summed E-state index contributed by atoms with van der Waals surface area (Å²) in [6.07, 6.45) is 5.82. The number of carboxylic acid groups (broad SMARTS) is 1. The van der Waals surface area contributed by atoms with Gasteiger partial charge in [0.1, 0.15) is 11.9 Å². The molecule has 0 bridgehead atoms. The van der Waals surface area contributed by atoms with E-state index in [-0.39, 0.29) is 12.2 Å². The summed E-state index contributed by atoms with van der Waals surface area (Å²) in [7, 11) is 2.17. The van der Waals surface area contributed by atoms with Crippen molar-refractivity contribution in [3.8, 4) is 11.3 Å². The Balaban J connectivity index is 1.51. The number of aromatic nitrogens is 2. The quantitative estimate of drug-likeness (QED) is 0.562. The second kappa shape index (κ2) is 9.57. The van der Waals surface area contributed by atoms with E-state index in [9.17, 15) is 4.79 Å². The van der Waals surface area contributed by atoms with E-state index in [0.717, 1.165) is 73.3 Å². The number of aryl methyl sites for hydroxylation is 1. The maximum absolute atomic E-state index is 10.8. The number of benzene rings is 2. The summed E-state index contributed by atoms with van der Waals surface area (Å²) >= 11 is 0. The molecule has 0 aliphatic carbocycles. The van der Waals surface area contributed by atoms with Crippen LogP contribution in [-0.2, 0) is 22.5 Å². The van der Waals surface area contributed by atoms with Gasteiger partial charge in [0, 0.05) is 37.0 Å². The first-order valence-corrected chi connectivity index (χ1v) is 12.0. The zero-order chi connectivity index (χ0) is 23.7. The molecule has 0 radical (unpaired) electrons. The molecule has 1 saturated heterocycles. The van der Waals surface area contributed by atoms with Gasteiger partial charge in [-0.25, -0.2) is 9.78 Å². The Labute approximate surface area is 200 Å². The molecule has 2 aliphatic rings. The van der Waals surface area contributed by atoms with Gasteiger partial charge in [-0.2, -0.15) is 0 Å². The van der Waals surface area contributed by atoms with E-state index >= 15 is 0 Å². The second-order valence-electron chi connectivity index (χ2n) is 9.32. The van der Waals surface area contributed by atoms with Crippen molar-refractivity contribution in [1.82, 2.24) is 14.5 Å². The predicted molar refractivity (Wildman–Crippen MR) is 133 cm³/mol. The summed E-state index contributed by atoms with van der Waals surface area (Å²) in [6, 6.07) is 16.5. The van der Waals surface area contributed by atoms with Crippen LogP contribution in [0.4, 0.5) is 0 Å². The van der Waals surface area contributed by atoms with E-state index in [0.29, 0.717) is 0 Å². The second-order valence-corrected chi connectivity index (χ2v) is 9.32. The van der Waals surface area contributed by atoms with E-state index in [4.69, 9.17) is 14.8 Å². The van der Waals surface area contributed by atoms with Gasteiger partial charge >= 0.3 is 5.97 Å². The summed E-state index contributed by atoms with van der Waals surface area (Å²) in [5.41, 5.74) is 6.53. The van der Waals surface area contributed by atoms with Crippen molar-refractivity contribution in [2.75, 3.05) is 20.1 Å². The van der Waals surface area contributed by atoms with Gasteiger partial charge in [-0.05, 0) is 56.0 Å². The molecule has 0 spiro atoms. The number of carbonyl (C=O) groups is 1. The van der Waals surface area contributed by atoms with Crippen molar-refractivity contribution in [3.63, 3.8) is 0 Å². The summed E-state index contributed by atoms with van der Waals surface area (Å²) in [6.45, 7) is 5.12. The Kier molecular flexibility index (Phi) is 6.35. The smallest absolute Gasteiger partial charge is 0.328 e. The number of nitrogens with zero attached hydrogens (tertiary/aromatic N) is 3. The molecule has 1 atom stereocenters. The molecule has 2 aromatic carbocycles. The van der Waals surface area contributed by atoms with E-state index in [1.54, 1.807) is 6.08 Å². The largest absolute Gasteiger partial charge is 0.478 e. The Morgan fingerprint density at radius 3 is 2.56 bits per heavy atom. The number of hydrogen-bond donors (Lipinski definition) is 1. The minimum absolute atomic E-state index is 0.183. The molecule has 5 rings (SSSR count). The van der Waals surface area contributed by atoms with Crippen molar-refractivity contribution in [1.29, 1.82) is 0 Å². The van der Waals surface area contributed by atoms with Crippen molar-refractivity contribution in [2.45, 2.75) is 44.9 Å². The number of imidazole rings is 1. The number of piperidine rings is 1. The lowest BCUT2D eigenvalue weighted by molar-refractivity contribution is -0.131. The van der Waals surface area contributed by atoms with Crippen molar-refractivity contribution < 1.29 is 14.6 Å². The molecule has 6 heteroatoms. The average molecular weight is 458 g/mol. The number of carboxylic acids is 1. The van der Waals surface area contributed by atoms with Crippen LogP contribution in [0.5, 0.6) is 0 Å². The van der Waals surface area contributed by atoms with Gasteiger partial charge in [0.05, 0.1) is 11.8 Å². The Bertz CT molecular complexity index is 1200. The van der Waals surface area contributed by atoms with Gasteiger partial charge in [0.15, 0.2) is 0 Å². The van der Waals surface area contributed by atoms with Gasteiger partial charge in [-0.15, -0.1) is 0 Å². The number of hydrogen-bond acceptors (Lipinski definition) is 4. The molecule has 34 heavy (non-hydrogen) atoms. The molecule has 6 nitrogen and oxygen atoms in total. The Morgan fingerprint density at radius 1 is 1.09 bits per heavy atom. The van der Waals surface area contributed by atoms with E-state index in [1.165, 1.54) is 11.1 Å². The predicted octanol–water partition coefficient (Wildman–Crippen LogP) is 4.71. The molecule has 176 valence electrons. The average Bonchev–Trinajstić information content (AvgIpc) is 3.08. The van der Waals surface area contributed by atoms with E-state index < -0.39 is 5.97 Å². The molecule has 2 aliphatic heterocycles. The van der Waals surface area contributed by atoms with Crippen LogP contribution >= 0.6 is 0 Å². The van der Waals surface area contributed by atoms with Crippen LogP contribution in [0.25, 0.3) is 17.3 Å². The molecular formula is C28H31N3O3. The number of ether oxygens (including phenoxy) is 1. The van der Waals surface area contributed by atoms with Gasteiger partial charge < -0.3 is 19.3 Å². The number of likely N-dealkylation sites (tertiary alicyclic amines) is 1. The molecule has 3 heterocycles. The van der Waals surface area contributed by atoms with Gasteiger partial charge in [-0.1, -0.05) is 48.5 Å². The fraction of sp³-hybridized carbons (Fsp3) is 0.357. The van der Waals surface area contributed by atoms with Crippen LogP contribution in [0.2, 0.25) is 0 Å². The van der Waals surface area contributed by atoms with Gasteiger partial charge in [0.25, 0.3) is 0 Å². The monoisotopic (exact) mass is 457 g/mol. The first-order valence-electron chi connectivity index (χ1n) is 12.0. The lowest BCUT2D eigenvalue weighted by Crippen LogP contribution is -2.35. The highest BCUT2D eigenvalue weighted by Gasteiger charge is 2.32. The third-order valence-corrected chi connectivity index (χ3v) is 7.02. The van der Waals surface area contributed by atoms with Crippen LogP contribution in [0.1, 0.15) is 47.2 Å². The van der Waals surface area contributed by atoms with E-state index in [2.05, 4.69) is 47.7 Å². The van der Waals surface area contributed by atoms with Gasteiger partial charge in [-0.3, -0.25) is 0 Å². The zero-order valence-corrected chi connectivity index (χ0v) is 19.8. The fourth-order valence-corrected chi connectivity index (χ4v) is 5.07. The van der Waals surface area contributed by atoms with Gasteiger partial charge in [0.2, 0.25) is 0 Å². The molecule has 1 unspecified atom stereocenters. The lowest BCUT2D eigenvalue weighted by atomic mass is 9.99. The van der Waals surface area contributed by atoms with Crippen LogP contribution in [0.15, 0.2) is 54.6 Å². The highest BCUT2D eigenvalue weighted by atomic mass is 16.5. The normalized spacial score (nSPS) is 19.1. The SMILES string of the molecule is Cc1c(-c2ccc(C=CC(=O)O)cc2)nc2n1CCc1ccccc1C2OC1CCN(C)CC1. The Morgan fingerprint density at radius 2 is 1.82 bits per heavy atom. The van der Waals surface area contributed by atoms with Crippen LogP contribution < -0.4 is 0 Å².